The predicted octanol–water partition coefficient (Wildman–Crippen LogP) is 2.88. The van der Waals surface area contributed by atoms with Crippen molar-refractivity contribution in [3.05, 3.63) is 42.0 Å². The first-order valence-electron chi connectivity index (χ1n) is 6.59. The van der Waals surface area contributed by atoms with Crippen LogP contribution in [-0.4, -0.2) is 24.9 Å². The third-order valence-corrected chi connectivity index (χ3v) is 3.29. The van der Waals surface area contributed by atoms with E-state index in [4.69, 9.17) is 4.74 Å². The van der Waals surface area contributed by atoms with Crippen LogP contribution >= 0.6 is 0 Å². The Hall–Kier alpha value is -1.58. The van der Waals surface area contributed by atoms with Crippen LogP contribution in [0.15, 0.2) is 36.4 Å². The summed E-state index contributed by atoms with van der Waals surface area (Å²) in [6.07, 6.45) is -0.327. The topological polar surface area (TPSA) is 41.5 Å². The van der Waals surface area contributed by atoms with Crippen molar-refractivity contribution in [3.8, 4) is 5.75 Å². The van der Waals surface area contributed by atoms with E-state index in [0.29, 0.717) is 6.54 Å². The van der Waals surface area contributed by atoms with Crippen LogP contribution in [0.25, 0.3) is 10.8 Å². The van der Waals surface area contributed by atoms with Crippen LogP contribution < -0.4 is 10.1 Å². The first-order valence-corrected chi connectivity index (χ1v) is 6.59. The van der Waals surface area contributed by atoms with Gasteiger partial charge in [-0.2, -0.15) is 0 Å². The molecule has 102 valence electrons. The van der Waals surface area contributed by atoms with Gasteiger partial charge in [-0.1, -0.05) is 18.2 Å². The molecule has 0 aliphatic heterocycles. The second kappa shape index (κ2) is 6.04. The molecule has 2 atom stereocenters. The Kier molecular flexibility index (Phi) is 4.40. The van der Waals surface area contributed by atoms with Gasteiger partial charge in [0, 0.05) is 12.6 Å². The second-order valence-corrected chi connectivity index (χ2v) is 4.95. The Morgan fingerprint density at radius 1 is 1.11 bits per heavy atom. The standard InChI is InChI=1S/C16H21NO2/c1-11(18)10-17-12(2)13-4-5-15-9-16(19-3)7-6-14(15)8-13/h4-9,11-12,17-18H,10H2,1-3H3. The number of benzene rings is 2. The normalized spacial score (nSPS) is 14.3. The third-order valence-electron chi connectivity index (χ3n) is 3.29. The summed E-state index contributed by atoms with van der Waals surface area (Å²) >= 11 is 0. The van der Waals surface area contributed by atoms with Crippen molar-refractivity contribution < 1.29 is 9.84 Å². The van der Waals surface area contributed by atoms with E-state index in [2.05, 4.69) is 36.5 Å². The summed E-state index contributed by atoms with van der Waals surface area (Å²) in [6, 6.07) is 12.7. The van der Waals surface area contributed by atoms with Crippen molar-refractivity contribution in [2.45, 2.75) is 26.0 Å². The van der Waals surface area contributed by atoms with Crippen LogP contribution in [0.3, 0.4) is 0 Å². The molecule has 0 fully saturated rings. The van der Waals surface area contributed by atoms with Crippen LogP contribution in [0, 0.1) is 0 Å². The first-order chi connectivity index (χ1) is 9.10. The lowest BCUT2D eigenvalue weighted by Crippen LogP contribution is -2.27. The number of methoxy groups -OCH3 is 1. The van der Waals surface area contributed by atoms with Gasteiger partial charge in [0.25, 0.3) is 0 Å². The van der Waals surface area contributed by atoms with Crippen molar-refractivity contribution in [2.24, 2.45) is 0 Å². The molecular formula is C16H21NO2. The van der Waals surface area contributed by atoms with Crippen LogP contribution in [0.4, 0.5) is 0 Å². The van der Waals surface area contributed by atoms with Gasteiger partial charge in [0.2, 0.25) is 0 Å². The minimum Gasteiger partial charge on any atom is -0.497 e. The van der Waals surface area contributed by atoms with Crippen molar-refractivity contribution in [1.82, 2.24) is 5.32 Å². The maximum Gasteiger partial charge on any atom is 0.119 e. The minimum absolute atomic E-state index is 0.223. The van der Waals surface area contributed by atoms with E-state index in [1.54, 1.807) is 14.0 Å². The number of rotatable bonds is 5. The Labute approximate surface area is 114 Å². The lowest BCUT2D eigenvalue weighted by molar-refractivity contribution is 0.187. The Morgan fingerprint density at radius 2 is 1.79 bits per heavy atom. The van der Waals surface area contributed by atoms with E-state index in [0.717, 1.165) is 5.75 Å². The lowest BCUT2D eigenvalue weighted by atomic mass is 10.0. The molecule has 0 radical (unpaired) electrons. The van der Waals surface area contributed by atoms with Crippen LogP contribution in [-0.2, 0) is 0 Å². The highest BCUT2D eigenvalue weighted by molar-refractivity contribution is 5.84. The van der Waals surface area contributed by atoms with Crippen LogP contribution in [0.1, 0.15) is 25.5 Å². The molecule has 0 saturated carbocycles. The van der Waals surface area contributed by atoms with Gasteiger partial charge in [-0.25, -0.2) is 0 Å². The SMILES string of the molecule is COc1ccc2cc(C(C)NCC(C)O)ccc2c1. The van der Waals surface area contributed by atoms with Crippen molar-refractivity contribution >= 4 is 10.8 Å². The third kappa shape index (κ3) is 3.46. The monoisotopic (exact) mass is 259 g/mol. The summed E-state index contributed by atoms with van der Waals surface area (Å²) in [7, 11) is 1.68. The van der Waals surface area contributed by atoms with Gasteiger partial charge < -0.3 is 15.2 Å². The van der Waals surface area contributed by atoms with Crippen molar-refractivity contribution in [2.75, 3.05) is 13.7 Å². The number of ether oxygens (including phenoxy) is 1. The quantitative estimate of drug-likeness (QED) is 0.867. The highest BCUT2D eigenvalue weighted by Crippen LogP contribution is 2.24. The number of fused-ring (bicyclic) bond motifs is 1. The zero-order chi connectivity index (χ0) is 13.8. The maximum atomic E-state index is 9.30. The van der Waals surface area contributed by atoms with E-state index >= 15 is 0 Å². The summed E-state index contributed by atoms with van der Waals surface area (Å²) in [6.45, 7) is 4.49. The number of hydrogen-bond donors (Lipinski definition) is 2. The maximum absolute atomic E-state index is 9.30. The fourth-order valence-electron chi connectivity index (χ4n) is 2.10. The molecule has 0 aromatic heterocycles. The molecule has 2 aromatic carbocycles. The van der Waals surface area contributed by atoms with E-state index < -0.39 is 0 Å². The van der Waals surface area contributed by atoms with Gasteiger partial charge >= 0.3 is 0 Å². The molecule has 2 aromatic rings. The molecule has 2 N–H and O–H groups in total. The number of aliphatic hydroxyl groups is 1. The molecule has 0 bridgehead atoms. The number of hydrogen-bond acceptors (Lipinski definition) is 3. The van der Waals surface area contributed by atoms with E-state index in [9.17, 15) is 5.11 Å². The van der Waals surface area contributed by atoms with Gasteiger partial charge in [-0.15, -0.1) is 0 Å². The predicted molar refractivity (Wildman–Crippen MR) is 78.6 cm³/mol. The van der Waals surface area contributed by atoms with E-state index in [1.807, 2.05) is 12.1 Å². The van der Waals surface area contributed by atoms with Crippen LogP contribution in [0.5, 0.6) is 5.75 Å². The van der Waals surface area contributed by atoms with Crippen LogP contribution in [0.2, 0.25) is 0 Å². The number of nitrogens with one attached hydrogen (secondary N) is 1. The lowest BCUT2D eigenvalue weighted by Gasteiger charge is -2.16. The van der Waals surface area contributed by atoms with Crippen molar-refractivity contribution in [1.29, 1.82) is 0 Å². The largest absolute Gasteiger partial charge is 0.497 e. The van der Waals surface area contributed by atoms with E-state index in [1.165, 1.54) is 16.3 Å². The van der Waals surface area contributed by atoms with Gasteiger partial charge in [0.05, 0.1) is 13.2 Å². The Bertz CT molecular complexity index is 551. The highest BCUT2D eigenvalue weighted by atomic mass is 16.5. The van der Waals surface area contributed by atoms with E-state index in [-0.39, 0.29) is 12.1 Å². The summed E-state index contributed by atoms with van der Waals surface area (Å²) in [5, 5.41) is 15.0. The Balaban J connectivity index is 2.21. The molecule has 0 spiro atoms. The van der Waals surface area contributed by atoms with Gasteiger partial charge in [0.1, 0.15) is 5.75 Å². The first kappa shape index (κ1) is 13.8. The van der Waals surface area contributed by atoms with Crippen molar-refractivity contribution in [3.63, 3.8) is 0 Å². The second-order valence-electron chi connectivity index (χ2n) is 4.95. The molecule has 0 amide bonds. The molecule has 0 saturated heterocycles. The fraction of sp³-hybridized carbons (Fsp3) is 0.375. The average molecular weight is 259 g/mol. The molecule has 2 rings (SSSR count). The molecule has 3 heteroatoms. The summed E-state index contributed by atoms with van der Waals surface area (Å²) in [4.78, 5) is 0. The number of aliphatic hydroxyl groups excluding tert-OH is 1. The average Bonchev–Trinajstić information content (AvgIpc) is 2.43. The molecule has 0 aliphatic carbocycles. The molecule has 2 unspecified atom stereocenters. The van der Waals surface area contributed by atoms with Gasteiger partial charge in [0.15, 0.2) is 0 Å². The van der Waals surface area contributed by atoms with Gasteiger partial charge in [-0.3, -0.25) is 0 Å². The summed E-state index contributed by atoms with van der Waals surface area (Å²) < 4.78 is 5.22. The highest BCUT2D eigenvalue weighted by Gasteiger charge is 2.07. The molecule has 19 heavy (non-hydrogen) atoms. The zero-order valence-electron chi connectivity index (χ0n) is 11.7. The Morgan fingerprint density at radius 3 is 2.47 bits per heavy atom. The fourth-order valence-corrected chi connectivity index (χ4v) is 2.10. The molecule has 0 aliphatic rings. The molecule has 0 heterocycles. The summed E-state index contributed by atoms with van der Waals surface area (Å²) in [5.74, 6) is 0.875. The summed E-state index contributed by atoms with van der Waals surface area (Å²) in [5.41, 5.74) is 1.22. The molecular weight excluding hydrogens is 238 g/mol. The minimum atomic E-state index is -0.327. The molecule has 3 nitrogen and oxygen atoms in total. The van der Waals surface area contributed by atoms with Gasteiger partial charge in [-0.05, 0) is 48.4 Å². The zero-order valence-corrected chi connectivity index (χ0v) is 11.7. The smallest absolute Gasteiger partial charge is 0.119 e.